The third kappa shape index (κ3) is 2.36. The summed E-state index contributed by atoms with van der Waals surface area (Å²) in [5, 5.41) is 13.9. The minimum Gasteiger partial charge on any atom is -0.475 e. The van der Waals surface area contributed by atoms with E-state index in [2.05, 4.69) is 5.10 Å². The predicted octanol–water partition coefficient (Wildman–Crippen LogP) is 4.00. The third-order valence-electron chi connectivity index (χ3n) is 4.83. The van der Waals surface area contributed by atoms with Crippen LogP contribution in [-0.2, 0) is 12.8 Å². The van der Waals surface area contributed by atoms with Crippen LogP contribution in [0.3, 0.4) is 0 Å². The average molecular weight is 340 g/mol. The lowest BCUT2D eigenvalue weighted by Gasteiger charge is -2.13. The summed E-state index contributed by atoms with van der Waals surface area (Å²) in [6.07, 6.45) is 3.27. The molecule has 0 radical (unpaired) electrons. The number of carboxylic acids is 1. The maximum Gasteiger partial charge on any atom is 0.372 e. The molecule has 0 spiro atoms. The summed E-state index contributed by atoms with van der Waals surface area (Å²) in [5.41, 5.74) is 3.68. The van der Waals surface area contributed by atoms with Crippen molar-refractivity contribution in [2.24, 2.45) is 0 Å². The van der Waals surface area contributed by atoms with Gasteiger partial charge in [0.25, 0.3) is 0 Å². The molecule has 3 aromatic rings. The van der Waals surface area contributed by atoms with Gasteiger partial charge in [0.1, 0.15) is 11.6 Å². The fourth-order valence-electron chi connectivity index (χ4n) is 3.49. The Kier molecular flexibility index (Phi) is 3.49. The van der Waals surface area contributed by atoms with E-state index in [1.165, 1.54) is 6.07 Å². The Bertz CT molecular complexity index is 987. The Balaban J connectivity index is 1.80. The molecule has 2 heterocycles. The number of carboxylic acid groups (broad SMARTS) is 1. The van der Waals surface area contributed by atoms with Gasteiger partial charge in [-0.15, -0.1) is 0 Å². The Morgan fingerprint density at radius 2 is 2.12 bits per heavy atom. The zero-order valence-electron chi connectivity index (χ0n) is 13.9. The zero-order chi connectivity index (χ0) is 17.7. The van der Waals surface area contributed by atoms with Crippen molar-refractivity contribution in [3.63, 3.8) is 0 Å². The van der Waals surface area contributed by atoms with Crippen molar-refractivity contribution in [3.8, 4) is 11.3 Å². The van der Waals surface area contributed by atoms with Gasteiger partial charge in [-0.25, -0.2) is 9.18 Å². The lowest BCUT2D eigenvalue weighted by Crippen LogP contribution is -2.09. The highest BCUT2D eigenvalue weighted by molar-refractivity contribution is 5.90. The predicted molar refractivity (Wildman–Crippen MR) is 89.2 cm³/mol. The first-order valence-electron chi connectivity index (χ1n) is 8.15. The van der Waals surface area contributed by atoms with E-state index < -0.39 is 5.97 Å². The van der Waals surface area contributed by atoms with Crippen molar-refractivity contribution >= 4 is 5.97 Å². The molecule has 1 aromatic carbocycles. The second-order valence-electron chi connectivity index (χ2n) is 6.34. The highest BCUT2D eigenvalue weighted by Crippen LogP contribution is 2.39. The normalized spacial score (nSPS) is 14.0. The fourth-order valence-corrected chi connectivity index (χ4v) is 3.49. The van der Waals surface area contributed by atoms with Crippen LogP contribution in [0.2, 0.25) is 0 Å². The van der Waals surface area contributed by atoms with Crippen molar-refractivity contribution in [1.29, 1.82) is 0 Å². The molecular weight excluding hydrogens is 323 g/mol. The zero-order valence-corrected chi connectivity index (χ0v) is 13.9. The number of furan rings is 1. The Morgan fingerprint density at radius 1 is 1.36 bits per heavy atom. The summed E-state index contributed by atoms with van der Waals surface area (Å²) in [4.78, 5) is 11.3. The number of benzene rings is 1. The average Bonchev–Trinajstić information content (AvgIpc) is 3.15. The number of aromatic carboxylic acids is 1. The van der Waals surface area contributed by atoms with Gasteiger partial charge in [0.2, 0.25) is 5.76 Å². The lowest BCUT2D eigenvalue weighted by atomic mass is 9.94. The molecule has 0 saturated carbocycles. The highest BCUT2D eigenvalue weighted by Gasteiger charge is 2.30. The van der Waals surface area contributed by atoms with Crippen LogP contribution in [0.5, 0.6) is 0 Å². The summed E-state index contributed by atoms with van der Waals surface area (Å²) < 4.78 is 21.3. The molecule has 0 aliphatic heterocycles. The van der Waals surface area contributed by atoms with Crippen LogP contribution in [0.15, 0.2) is 34.9 Å². The molecule has 0 amide bonds. The maximum absolute atomic E-state index is 14.1. The standard InChI is InChI=1S/C19H17FN2O3/c1-10-16-15(25-18(10)19(23)24)8-7-12-9-22(21-17(12)16)11(2)13-5-3-4-6-14(13)20/h3-6,9,11H,7-8H2,1-2H3,(H,23,24). The second kappa shape index (κ2) is 5.58. The molecular formula is C19H17FN2O3. The first-order chi connectivity index (χ1) is 12.0. The molecule has 1 N–H and O–H groups in total. The second-order valence-corrected chi connectivity index (χ2v) is 6.34. The van der Waals surface area contributed by atoms with Crippen molar-refractivity contribution in [1.82, 2.24) is 9.78 Å². The molecule has 128 valence electrons. The van der Waals surface area contributed by atoms with Crippen LogP contribution in [0.25, 0.3) is 11.3 Å². The molecule has 25 heavy (non-hydrogen) atoms. The highest BCUT2D eigenvalue weighted by atomic mass is 19.1. The largest absolute Gasteiger partial charge is 0.475 e. The van der Waals surface area contributed by atoms with Gasteiger partial charge in [-0.2, -0.15) is 5.10 Å². The van der Waals surface area contributed by atoms with Gasteiger partial charge in [0.05, 0.1) is 11.7 Å². The number of rotatable bonds is 3. The molecule has 5 nitrogen and oxygen atoms in total. The minimum absolute atomic E-state index is 0.0328. The summed E-state index contributed by atoms with van der Waals surface area (Å²) in [7, 11) is 0. The van der Waals surface area contributed by atoms with E-state index in [0.29, 0.717) is 23.3 Å². The maximum atomic E-state index is 14.1. The molecule has 2 aromatic heterocycles. The number of nitrogens with zero attached hydrogens (tertiary/aromatic N) is 2. The van der Waals surface area contributed by atoms with Crippen LogP contribution in [-0.4, -0.2) is 20.9 Å². The lowest BCUT2D eigenvalue weighted by molar-refractivity contribution is 0.0659. The molecule has 0 bridgehead atoms. The van der Waals surface area contributed by atoms with Crippen LogP contribution < -0.4 is 0 Å². The van der Waals surface area contributed by atoms with E-state index in [-0.39, 0.29) is 17.6 Å². The Labute approximate surface area is 143 Å². The number of hydrogen-bond acceptors (Lipinski definition) is 3. The van der Waals surface area contributed by atoms with E-state index in [9.17, 15) is 14.3 Å². The van der Waals surface area contributed by atoms with Crippen LogP contribution >= 0.6 is 0 Å². The number of halogens is 1. The van der Waals surface area contributed by atoms with E-state index in [4.69, 9.17) is 4.42 Å². The third-order valence-corrected chi connectivity index (χ3v) is 4.83. The first-order valence-corrected chi connectivity index (χ1v) is 8.15. The minimum atomic E-state index is -1.08. The van der Waals surface area contributed by atoms with Gasteiger partial charge in [-0.3, -0.25) is 4.68 Å². The molecule has 1 unspecified atom stereocenters. The van der Waals surface area contributed by atoms with E-state index in [1.54, 1.807) is 29.8 Å². The smallest absolute Gasteiger partial charge is 0.372 e. The van der Waals surface area contributed by atoms with Crippen molar-refractivity contribution in [2.75, 3.05) is 0 Å². The van der Waals surface area contributed by atoms with Crippen molar-refractivity contribution in [2.45, 2.75) is 32.7 Å². The van der Waals surface area contributed by atoms with Gasteiger partial charge in [0.15, 0.2) is 0 Å². The van der Waals surface area contributed by atoms with Gasteiger partial charge in [-0.1, -0.05) is 18.2 Å². The monoisotopic (exact) mass is 340 g/mol. The molecule has 4 rings (SSSR count). The summed E-state index contributed by atoms with van der Waals surface area (Å²) >= 11 is 0. The van der Waals surface area contributed by atoms with Crippen LogP contribution in [0.4, 0.5) is 4.39 Å². The Hall–Kier alpha value is -2.89. The van der Waals surface area contributed by atoms with E-state index in [1.807, 2.05) is 13.1 Å². The van der Waals surface area contributed by atoms with Crippen molar-refractivity contribution < 1.29 is 18.7 Å². The van der Waals surface area contributed by atoms with Crippen LogP contribution in [0.1, 0.15) is 46.0 Å². The molecule has 0 fully saturated rings. The molecule has 1 aliphatic carbocycles. The molecule has 0 saturated heterocycles. The summed E-state index contributed by atoms with van der Waals surface area (Å²) in [6.45, 7) is 3.63. The van der Waals surface area contributed by atoms with Crippen molar-refractivity contribution in [3.05, 3.63) is 64.5 Å². The van der Waals surface area contributed by atoms with Crippen LogP contribution in [0, 0.1) is 12.7 Å². The van der Waals surface area contributed by atoms with Gasteiger partial charge < -0.3 is 9.52 Å². The number of carbonyl (C=O) groups is 1. The van der Waals surface area contributed by atoms with Gasteiger partial charge >= 0.3 is 5.97 Å². The van der Waals surface area contributed by atoms with Gasteiger partial charge in [-0.05, 0) is 31.9 Å². The van der Waals surface area contributed by atoms with E-state index >= 15 is 0 Å². The topological polar surface area (TPSA) is 68.3 Å². The summed E-state index contributed by atoms with van der Waals surface area (Å²) in [5.74, 6) is -0.717. The molecule has 1 aliphatic rings. The molecule has 1 atom stereocenters. The fraction of sp³-hybridized carbons (Fsp3) is 0.263. The Morgan fingerprint density at radius 3 is 2.84 bits per heavy atom. The molecule has 6 heteroatoms. The summed E-state index contributed by atoms with van der Waals surface area (Å²) in [6, 6.07) is 6.38. The number of fused-ring (bicyclic) bond motifs is 3. The SMILES string of the molecule is Cc1c(C(=O)O)oc2c1-c1nn(C(C)c3ccccc3F)cc1CC2. The van der Waals surface area contributed by atoms with Gasteiger partial charge in [0, 0.05) is 29.3 Å². The first kappa shape index (κ1) is 15.6. The number of aromatic nitrogens is 2. The number of hydrogen-bond donors (Lipinski definition) is 1. The quantitative estimate of drug-likeness (QED) is 0.782. The number of aryl methyl sites for hydroxylation is 2. The van der Waals surface area contributed by atoms with E-state index in [0.717, 1.165) is 23.2 Å².